The Balaban J connectivity index is 1.70. The van der Waals surface area contributed by atoms with Gasteiger partial charge in [-0.2, -0.15) is 0 Å². The van der Waals surface area contributed by atoms with Crippen LogP contribution in [0.5, 0.6) is 11.5 Å². The van der Waals surface area contributed by atoms with Crippen molar-refractivity contribution in [1.29, 1.82) is 0 Å². The van der Waals surface area contributed by atoms with Crippen LogP contribution < -0.4 is 25.0 Å². The minimum atomic E-state index is 0.546. The highest BCUT2D eigenvalue weighted by atomic mass is 16.5. The van der Waals surface area contributed by atoms with Gasteiger partial charge in [0.15, 0.2) is 5.96 Å². The van der Waals surface area contributed by atoms with Crippen molar-refractivity contribution in [3.63, 3.8) is 0 Å². The summed E-state index contributed by atoms with van der Waals surface area (Å²) in [5.41, 5.74) is 2.39. The zero-order valence-corrected chi connectivity index (χ0v) is 16.0. The van der Waals surface area contributed by atoms with E-state index in [1.54, 1.807) is 14.2 Å². The molecular formula is C20H28N4O2. The van der Waals surface area contributed by atoms with Crippen LogP contribution in [-0.4, -0.2) is 47.4 Å². The summed E-state index contributed by atoms with van der Waals surface area (Å²) >= 11 is 0. The number of guanidine groups is 1. The van der Waals surface area contributed by atoms with Gasteiger partial charge in [-0.1, -0.05) is 12.1 Å². The average molecular weight is 356 g/mol. The van der Waals surface area contributed by atoms with Crippen molar-refractivity contribution in [2.75, 3.05) is 46.3 Å². The Hall–Kier alpha value is -2.89. The molecular weight excluding hydrogens is 328 g/mol. The first-order valence-electron chi connectivity index (χ1n) is 8.60. The summed E-state index contributed by atoms with van der Waals surface area (Å²) in [4.78, 5) is 6.31. The maximum atomic E-state index is 5.69. The largest absolute Gasteiger partial charge is 0.497 e. The smallest absolute Gasteiger partial charge is 0.191 e. The molecule has 0 spiro atoms. The lowest BCUT2D eigenvalue weighted by atomic mass is 10.2. The summed E-state index contributed by atoms with van der Waals surface area (Å²) in [5, 5.41) is 6.54. The van der Waals surface area contributed by atoms with Gasteiger partial charge in [0.05, 0.1) is 13.7 Å². The summed E-state index contributed by atoms with van der Waals surface area (Å²) < 4.78 is 10.8. The van der Waals surface area contributed by atoms with Crippen LogP contribution in [-0.2, 0) is 6.54 Å². The second kappa shape index (κ2) is 10.2. The summed E-state index contributed by atoms with van der Waals surface area (Å²) in [6, 6.07) is 16.0. The fourth-order valence-electron chi connectivity index (χ4n) is 2.33. The van der Waals surface area contributed by atoms with Gasteiger partial charge in [-0.3, -0.25) is 4.99 Å². The molecule has 0 aliphatic heterocycles. The van der Waals surface area contributed by atoms with Gasteiger partial charge in [0.1, 0.15) is 18.1 Å². The highest BCUT2D eigenvalue weighted by Crippen LogP contribution is 2.16. The molecule has 0 unspecified atom stereocenters. The van der Waals surface area contributed by atoms with E-state index in [9.17, 15) is 0 Å². The van der Waals surface area contributed by atoms with Crippen molar-refractivity contribution in [2.24, 2.45) is 4.99 Å². The predicted octanol–water partition coefficient (Wildman–Crippen LogP) is 2.51. The van der Waals surface area contributed by atoms with Crippen molar-refractivity contribution in [3.8, 4) is 11.5 Å². The van der Waals surface area contributed by atoms with E-state index >= 15 is 0 Å². The van der Waals surface area contributed by atoms with Gasteiger partial charge in [-0.05, 0) is 42.0 Å². The Morgan fingerprint density at radius 2 is 1.62 bits per heavy atom. The minimum Gasteiger partial charge on any atom is -0.497 e. The predicted molar refractivity (Wildman–Crippen MR) is 107 cm³/mol. The first-order valence-corrected chi connectivity index (χ1v) is 8.60. The topological polar surface area (TPSA) is 58.1 Å². The van der Waals surface area contributed by atoms with E-state index in [2.05, 4.69) is 44.8 Å². The Kier molecular flexibility index (Phi) is 7.61. The lowest BCUT2D eigenvalue weighted by molar-refractivity contribution is 0.321. The van der Waals surface area contributed by atoms with Gasteiger partial charge in [-0.15, -0.1) is 0 Å². The van der Waals surface area contributed by atoms with Gasteiger partial charge >= 0.3 is 0 Å². The molecule has 0 fully saturated rings. The zero-order chi connectivity index (χ0) is 18.8. The Morgan fingerprint density at radius 3 is 2.19 bits per heavy atom. The molecule has 6 nitrogen and oxygen atoms in total. The first-order chi connectivity index (χ1) is 12.6. The van der Waals surface area contributed by atoms with Gasteiger partial charge in [0, 0.05) is 33.4 Å². The van der Waals surface area contributed by atoms with Crippen molar-refractivity contribution in [2.45, 2.75) is 6.54 Å². The van der Waals surface area contributed by atoms with Crippen LogP contribution in [0.15, 0.2) is 53.5 Å². The first kappa shape index (κ1) is 19.4. The molecule has 0 aliphatic rings. The number of aliphatic imine (C=N–C) groups is 1. The quantitative estimate of drug-likeness (QED) is 0.432. The normalized spacial score (nSPS) is 11.0. The van der Waals surface area contributed by atoms with Gasteiger partial charge in [0.25, 0.3) is 0 Å². The second-order valence-corrected chi connectivity index (χ2v) is 5.94. The van der Waals surface area contributed by atoms with Crippen LogP contribution in [0.25, 0.3) is 0 Å². The number of anilines is 1. The molecule has 0 amide bonds. The fraction of sp³-hybridized carbons (Fsp3) is 0.350. The van der Waals surface area contributed by atoms with E-state index in [4.69, 9.17) is 9.47 Å². The van der Waals surface area contributed by atoms with E-state index in [1.807, 2.05) is 38.4 Å². The van der Waals surface area contributed by atoms with Crippen LogP contribution in [0.3, 0.4) is 0 Å². The molecule has 0 aliphatic carbocycles. The Morgan fingerprint density at radius 1 is 0.962 bits per heavy atom. The third kappa shape index (κ3) is 6.20. The molecule has 0 bridgehead atoms. The molecule has 2 N–H and O–H groups in total. The average Bonchev–Trinajstić information content (AvgIpc) is 2.68. The van der Waals surface area contributed by atoms with Crippen LogP contribution in [0.1, 0.15) is 5.56 Å². The summed E-state index contributed by atoms with van der Waals surface area (Å²) in [6.45, 7) is 1.92. The number of hydrogen-bond acceptors (Lipinski definition) is 4. The van der Waals surface area contributed by atoms with Crippen LogP contribution in [0.4, 0.5) is 5.69 Å². The molecule has 0 radical (unpaired) electrons. The Labute approximate surface area is 155 Å². The number of hydrogen-bond donors (Lipinski definition) is 2. The van der Waals surface area contributed by atoms with Crippen LogP contribution in [0.2, 0.25) is 0 Å². The summed E-state index contributed by atoms with van der Waals surface area (Å²) in [6.07, 6.45) is 0. The van der Waals surface area contributed by atoms with E-state index in [0.29, 0.717) is 19.7 Å². The fourth-order valence-corrected chi connectivity index (χ4v) is 2.33. The molecule has 0 saturated heterocycles. The van der Waals surface area contributed by atoms with Crippen molar-refractivity contribution in [1.82, 2.24) is 10.6 Å². The number of rotatable bonds is 8. The third-order valence-corrected chi connectivity index (χ3v) is 3.86. The number of nitrogens with zero attached hydrogens (tertiary/aromatic N) is 2. The van der Waals surface area contributed by atoms with Crippen molar-refractivity contribution < 1.29 is 9.47 Å². The number of nitrogens with one attached hydrogen (secondary N) is 2. The van der Waals surface area contributed by atoms with E-state index in [1.165, 1.54) is 11.3 Å². The number of benzene rings is 2. The Bertz CT molecular complexity index is 682. The molecule has 6 heteroatoms. The van der Waals surface area contributed by atoms with Gasteiger partial charge in [-0.25, -0.2) is 0 Å². The van der Waals surface area contributed by atoms with Crippen LogP contribution >= 0.6 is 0 Å². The van der Waals surface area contributed by atoms with E-state index < -0.39 is 0 Å². The number of ether oxygens (including phenoxy) is 2. The lowest BCUT2D eigenvalue weighted by Crippen LogP contribution is -2.38. The van der Waals surface area contributed by atoms with E-state index in [-0.39, 0.29) is 0 Å². The molecule has 0 saturated carbocycles. The second-order valence-electron chi connectivity index (χ2n) is 5.94. The molecule has 26 heavy (non-hydrogen) atoms. The molecule has 2 rings (SSSR count). The molecule has 140 valence electrons. The van der Waals surface area contributed by atoms with E-state index in [0.717, 1.165) is 17.5 Å². The summed E-state index contributed by atoms with van der Waals surface area (Å²) in [7, 11) is 7.48. The maximum Gasteiger partial charge on any atom is 0.191 e. The highest BCUT2D eigenvalue weighted by molar-refractivity contribution is 5.79. The third-order valence-electron chi connectivity index (χ3n) is 3.86. The van der Waals surface area contributed by atoms with Crippen molar-refractivity contribution >= 4 is 11.6 Å². The minimum absolute atomic E-state index is 0.546. The highest BCUT2D eigenvalue weighted by Gasteiger charge is 2.00. The molecule has 0 aromatic heterocycles. The molecule has 2 aromatic carbocycles. The summed E-state index contributed by atoms with van der Waals surface area (Å²) in [5.74, 6) is 2.38. The SMILES string of the molecule is CN=C(NCCOc1ccc(OC)cc1)NCc1ccc(N(C)C)cc1. The maximum absolute atomic E-state index is 5.69. The van der Waals surface area contributed by atoms with Crippen LogP contribution in [0, 0.1) is 0 Å². The molecule has 0 atom stereocenters. The number of methoxy groups -OCH3 is 1. The molecule has 0 heterocycles. The van der Waals surface area contributed by atoms with Gasteiger partial charge < -0.3 is 25.0 Å². The lowest BCUT2D eigenvalue weighted by Gasteiger charge is -2.14. The zero-order valence-electron chi connectivity index (χ0n) is 16.0. The van der Waals surface area contributed by atoms with Crippen molar-refractivity contribution in [3.05, 3.63) is 54.1 Å². The van der Waals surface area contributed by atoms with Gasteiger partial charge in [0.2, 0.25) is 0 Å². The standard InChI is InChI=1S/C20H28N4O2/c1-21-20(23-15-16-5-7-17(8-6-16)24(2)3)22-13-14-26-19-11-9-18(25-4)10-12-19/h5-12H,13-15H2,1-4H3,(H2,21,22,23). The monoisotopic (exact) mass is 356 g/mol. The molecule has 2 aromatic rings.